The van der Waals surface area contributed by atoms with Gasteiger partial charge >= 0.3 is 0 Å². The van der Waals surface area contributed by atoms with Crippen molar-refractivity contribution in [1.29, 1.82) is 0 Å². The van der Waals surface area contributed by atoms with E-state index in [2.05, 4.69) is 19.2 Å². The fraction of sp³-hybridized carbons (Fsp3) is 0.185. The Morgan fingerprint density at radius 1 is 0.844 bits per heavy atom. The Morgan fingerprint density at radius 3 is 2.12 bits per heavy atom. The van der Waals surface area contributed by atoms with Crippen molar-refractivity contribution in [2.75, 3.05) is 10.2 Å². The van der Waals surface area contributed by atoms with Crippen LogP contribution < -0.4 is 10.2 Å². The van der Waals surface area contributed by atoms with Gasteiger partial charge in [0.15, 0.2) is 0 Å². The van der Waals surface area contributed by atoms with E-state index >= 15 is 0 Å². The minimum atomic E-state index is -0.434. The van der Waals surface area contributed by atoms with Gasteiger partial charge in [-0.2, -0.15) is 0 Å². The molecule has 1 N–H and O–H groups in total. The first kappa shape index (κ1) is 21.5. The number of benzene rings is 3. The molecular weight excluding hydrogens is 403 g/mol. The molecule has 3 aromatic carbocycles. The molecule has 1 heterocycles. The standard InChI is InChI=1S/C27H25FN2O2/c1-16(2)19-9-13-22(14-10-19)29-25-24(20-7-11-21(28)12-8-20)26(31)30(27(25)32)23-15-17(3)5-6-18(23)4/h5-16,29H,1-4H3. The second-order valence-electron chi connectivity index (χ2n) is 8.39. The van der Waals surface area contributed by atoms with Gasteiger partial charge in [0.1, 0.15) is 11.5 Å². The molecule has 1 aliphatic rings. The molecule has 2 amide bonds. The quantitative estimate of drug-likeness (QED) is 0.510. The molecule has 0 unspecified atom stereocenters. The third kappa shape index (κ3) is 3.94. The van der Waals surface area contributed by atoms with Crippen molar-refractivity contribution in [2.24, 2.45) is 0 Å². The summed E-state index contributed by atoms with van der Waals surface area (Å²) < 4.78 is 13.5. The largest absolute Gasteiger partial charge is 0.350 e. The van der Waals surface area contributed by atoms with Crippen LogP contribution in [-0.2, 0) is 9.59 Å². The van der Waals surface area contributed by atoms with Crippen LogP contribution in [0.3, 0.4) is 0 Å². The van der Waals surface area contributed by atoms with Gasteiger partial charge < -0.3 is 5.32 Å². The van der Waals surface area contributed by atoms with Crippen LogP contribution in [0.5, 0.6) is 0 Å². The summed E-state index contributed by atoms with van der Waals surface area (Å²) in [7, 11) is 0. The van der Waals surface area contributed by atoms with Crippen LogP contribution in [0.4, 0.5) is 15.8 Å². The van der Waals surface area contributed by atoms with Crippen molar-refractivity contribution in [3.8, 4) is 0 Å². The number of carbonyl (C=O) groups excluding carboxylic acids is 2. The minimum Gasteiger partial charge on any atom is -0.350 e. The molecule has 1 aliphatic heterocycles. The lowest BCUT2D eigenvalue weighted by molar-refractivity contribution is -0.120. The van der Waals surface area contributed by atoms with Crippen molar-refractivity contribution in [2.45, 2.75) is 33.6 Å². The highest BCUT2D eigenvalue weighted by atomic mass is 19.1. The van der Waals surface area contributed by atoms with Gasteiger partial charge in [-0.15, -0.1) is 0 Å². The maximum Gasteiger partial charge on any atom is 0.282 e. The summed E-state index contributed by atoms with van der Waals surface area (Å²) in [6, 6.07) is 19.0. The zero-order chi connectivity index (χ0) is 23.0. The second kappa shape index (κ2) is 8.42. The molecule has 0 saturated heterocycles. The first-order valence-corrected chi connectivity index (χ1v) is 10.6. The van der Waals surface area contributed by atoms with Crippen molar-refractivity contribution in [3.63, 3.8) is 0 Å². The van der Waals surface area contributed by atoms with Gasteiger partial charge in [-0.25, -0.2) is 9.29 Å². The molecule has 0 saturated carbocycles. The summed E-state index contributed by atoms with van der Waals surface area (Å²) in [4.78, 5) is 28.2. The van der Waals surface area contributed by atoms with Crippen molar-refractivity contribution in [1.82, 2.24) is 0 Å². The van der Waals surface area contributed by atoms with E-state index in [0.29, 0.717) is 22.9 Å². The molecule has 0 fully saturated rings. The number of rotatable bonds is 5. The summed E-state index contributed by atoms with van der Waals surface area (Å²) in [5.74, 6) is -0.892. The molecule has 4 rings (SSSR count). The smallest absolute Gasteiger partial charge is 0.282 e. The Bertz CT molecular complexity index is 1230. The number of halogens is 1. The normalized spacial score (nSPS) is 14.0. The van der Waals surface area contributed by atoms with Crippen LogP contribution in [0, 0.1) is 19.7 Å². The first-order valence-electron chi connectivity index (χ1n) is 10.6. The minimum absolute atomic E-state index is 0.180. The highest BCUT2D eigenvalue weighted by molar-refractivity contribution is 6.46. The topological polar surface area (TPSA) is 49.4 Å². The average Bonchev–Trinajstić information content (AvgIpc) is 3.00. The average molecular weight is 429 g/mol. The Labute approximate surface area is 187 Å². The second-order valence-corrected chi connectivity index (χ2v) is 8.39. The Kier molecular flexibility index (Phi) is 5.66. The summed E-state index contributed by atoms with van der Waals surface area (Å²) in [6.07, 6.45) is 0. The highest BCUT2D eigenvalue weighted by Gasteiger charge is 2.40. The van der Waals surface area contributed by atoms with Gasteiger partial charge in [-0.3, -0.25) is 9.59 Å². The van der Waals surface area contributed by atoms with E-state index in [9.17, 15) is 14.0 Å². The number of nitrogens with one attached hydrogen (secondary N) is 1. The molecule has 32 heavy (non-hydrogen) atoms. The van der Waals surface area contributed by atoms with Crippen LogP contribution in [0.15, 0.2) is 72.4 Å². The fourth-order valence-corrected chi connectivity index (χ4v) is 3.80. The number of carbonyl (C=O) groups is 2. The Balaban J connectivity index is 1.81. The monoisotopic (exact) mass is 428 g/mol. The lowest BCUT2D eigenvalue weighted by Gasteiger charge is -2.18. The Morgan fingerprint density at radius 2 is 1.50 bits per heavy atom. The van der Waals surface area contributed by atoms with Crippen LogP contribution in [-0.4, -0.2) is 11.8 Å². The first-order chi connectivity index (χ1) is 15.3. The number of hydrogen-bond donors (Lipinski definition) is 1. The zero-order valence-electron chi connectivity index (χ0n) is 18.6. The predicted molar refractivity (Wildman–Crippen MR) is 126 cm³/mol. The van der Waals surface area contributed by atoms with Gasteiger partial charge in [0.25, 0.3) is 11.8 Å². The molecule has 5 heteroatoms. The van der Waals surface area contributed by atoms with E-state index in [-0.39, 0.29) is 11.3 Å². The lowest BCUT2D eigenvalue weighted by atomic mass is 10.0. The summed E-state index contributed by atoms with van der Waals surface area (Å²) in [5.41, 5.74) is 5.08. The molecule has 0 atom stereocenters. The Hall–Kier alpha value is -3.73. The number of aryl methyl sites for hydroxylation is 2. The van der Waals surface area contributed by atoms with E-state index < -0.39 is 17.6 Å². The van der Waals surface area contributed by atoms with Crippen LogP contribution in [0.2, 0.25) is 0 Å². The van der Waals surface area contributed by atoms with Crippen LogP contribution in [0.1, 0.15) is 42.0 Å². The molecule has 4 nitrogen and oxygen atoms in total. The molecule has 0 radical (unpaired) electrons. The third-order valence-electron chi connectivity index (χ3n) is 5.67. The molecule has 0 bridgehead atoms. The van der Waals surface area contributed by atoms with Crippen LogP contribution >= 0.6 is 0 Å². The van der Waals surface area contributed by atoms with E-state index in [1.165, 1.54) is 34.7 Å². The summed E-state index contributed by atoms with van der Waals surface area (Å²) in [5, 5.41) is 3.16. The number of amides is 2. The predicted octanol–water partition coefficient (Wildman–Crippen LogP) is 5.96. The fourth-order valence-electron chi connectivity index (χ4n) is 3.80. The summed E-state index contributed by atoms with van der Waals surface area (Å²) >= 11 is 0. The molecule has 0 aromatic heterocycles. The van der Waals surface area contributed by atoms with E-state index in [1.54, 1.807) is 0 Å². The SMILES string of the molecule is Cc1ccc(C)c(N2C(=O)C(Nc3ccc(C(C)C)cc3)=C(c3ccc(F)cc3)C2=O)c1. The maximum atomic E-state index is 13.5. The van der Waals surface area contributed by atoms with Gasteiger partial charge in [0, 0.05) is 5.69 Å². The highest BCUT2D eigenvalue weighted by Crippen LogP contribution is 2.35. The molecule has 0 aliphatic carbocycles. The van der Waals surface area contributed by atoms with Gasteiger partial charge in [-0.05, 0) is 72.4 Å². The molecule has 0 spiro atoms. The van der Waals surface area contributed by atoms with Gasteiger partial charge in [0.2, 0.25) is 0 Å². The number of nitrogens with zero attached hydrogens (tertiary/aromatic N) is 1. The number of imide groups is 1. The van der Waals surface area contributed by atoms with E-state index in [0.717, 1.165) is 11.1 Å². The third-order valence-corrected chi connectivity index (χ3v) is 5.67. The van der Waals surface area contributed by atoms with E-state index in [4.69, 9.17) is 0 Å². The van der Waals surface area contributed by atoms with Crippen LogP contribution in [0.25, 0.3) is 5.57 Å². The maximum absolute atomic E-state index is 13.5. The van der Waals surface area contributed by atoms with Crippen molar-refractivity contribution in [3.05, 3.63) is 100 Å². The zero-order valence-corrected chi connectivity index (χ0v) is 18.6. The number of anilines is 2. The molecule has 3 aromatic rings. The van der Waals surface area contributed by atoms with Gasteiger partial charge in [0.05, 0.1) is 11.3 Å². The summed E-state index contributed by atoms with van der Waals surface area (Å²) in [6.45, 7) is 8.00. The molecule has 162 valence electrons. The lowest BCUT2D eigenvalue weighted by Crippen LogP contribution is -2.33. The van der Waals surface area contributed by atoms with Crippen molar-refractivity contribution < 1.29 is 14.0 Å². The van der Waals surface area contributed by atoms with E-state index in [1.807, 2.05) is 56.3 Å². The number of hydrogen-bond acceptors (Lipinski definition) is 3. The molecular formula is C27H25FN2O2. The van der Waals surface area contributed by atoms with Crippen molar-refractivity contribution >= 4 is 28.8 Å². The van der Waals surface area contributed by atoms with Gasteiger partial charge in [-0.1, -0.05) is 50.2 Å².